The first-order valence-electron chi connectivity index (χ1n) is 5.55. The van der Waals surface area contributed by atoms with Crippen molar-refractivity contribution in [1.82, 2.24) is 9.88 Å². The van der Waals surface area contributed by atoms with Crippen molar-refractivity contribution >= 4 is 43.1 Å². The van der Waals surface area contributed by atoms with Crippen molar-refractivity contribution < 1.29 is 13.2 Å². The number of fused-ring (bicyclic) bond motifs is 1. The van der Waals surface area contributed by atoms with Gasteiger partial charge in [-0.1, -0.05) is 11.6 Å². The maximum Gasteiger partial charge on any atom is 0.343 e. The van der Waals surface area contributed by atoms with E-state index in [0.717, 1.165) is 4.90 Å². The number of nitrogens with zero attached hydrogens (tertiary/aromatic N) is 2. The van der Waals surface area contributed by atoms with Gasteiger partial charge in [-0.2, -0.15) is 0 Å². The molecule has 6 nitrogen and oxygen atoms in total. The molecule has 0 atom stereocenters. The van der Waals surface area contributed by atoms with Crippen molar-refractivity contribution in [3.63, 3.8) is 0 Å². The molecule has 0 fully saturated rings. The molecule has 0 bridgehead atoms. The second-order valence-corrected chi connectivity index (χ2v) is 6.53. The fourth-order valence-electron chi connectivity index (χ4n) is 1.79. The third kappa shape index (κ3) is 2.30. The zero-order chi connectivity index (χ0) is 15.1. The zero-order valence-electron chi connectivity index (χ0n) is 10.8. The molecule has 0 saturated carbocycles. The number of hydrogen-bond donors (Lipinski definition) is 1. The van der Waals surface area contributed by atoms with Crippen molar-refractivity contribution in [2.75, 3.05) is 19.8 Å². The number of nitrogen functional groups attached to an aromatic ring is 1. The van der Waals surface area contributed by atoms with Gasteiger partial charge in [-0.25, -0.2) is 13.4 Å². The van der Waals surface area contributed by atoms with Crippen LogP contribution in [0.2, 0.25) is 5.15 Å². The smallest absolute Gasteiger partial charge is 0.343 e. The van der Waals surface area contributed by atoms with Gasteiger partial charge in [-0.3, -0.25) is 4.79 Å². The van der Waals surface area contributed by atoms with Gasteiger partial charge in [0.1, 0.15) is 5.15 Å². The predicted molar refractivity (Wildman–Crippen MR) is 77.4 cm³/mol. The van der Waals surface area contributed by atoms with Crippen LogP contribution in [0.15, 0.2) is 29.3 Å². The molecule has 0 unspecified atom stereocenters. The maximum absolute atomic E-state index is 12.3. The van der Waals surface area contributed by atoms with Gasteiger partial charge in [-0.05, 0) is 18.2 Å². The van der Waals surface area contributed by atoms with Gasteiger partial charge in [0.15, 0.2) is 0 Å². The number of pyridine rings is 1. The Morgan fingerprint density at radius 2 is 1.95 bits per heavy atom. The molecule has 0 radical (unpaired) electrons. The minimum Gasteiger partial charge on any atom is -0.399 e. The van der Waals surface area contributed by atoms with Crippen molar-refractivity contribution in [2.24, 2.45) is 0 Å². The van der Waals surface area contributed by atoms with Crippen LogP contribution < -0.4 is 5.73 Å². The Labute approximate surface area is 121 Å². The summed E-state index contributed by atoms with van der Waals surface area (Å²) < 4.78 is 24.7. The average molecular weight is 314 g/mol. The number of carbonyl (C=O) groups excluding carboxylic acids is 1. The van der Waals surface area contributed by atoms with E-state index in [2.05, 4.69) is 4.98 Å². The highest BCUT2D eigenvalue weighted by atomic mass is 35.5. The Kier molecular flexibility index (Phi) is 3.58. The number of halogens is 1. The van der Waals surface area contributed by atoms with Crippen molar-refractivity contribution in [3.05, 3.63) is 29.5 Å². The van der Waals surface area contributed by atoms with Gasteiger partial charge < -0.3 is 10.6 Å². The van der Waals surface area contributed by atoms with E-state index in [1.807, 2.05) is 0 Å². The summed E-state index contributed by atoms with van der Waals surface area (Å²) in [5.74, 6) is 0. The van der Waals surface area contributed by atoms with E-state index < -0.39 is 15.1 Å². The van der Waals surface area contributed by atoms with Crippen LogP contribution >= 0.6 is 11.6 Å². The van der Waals surface area contributed by atoms with Gasteiger partial charge in [0.05, 0.1) is 4.90 Å². The first-order valence-corrected chi connectivity index (χ1v) is 7.41. The third-order valence-corrected chi connectivity index (χ3v) is 4.74. The molecule has 0 aliphatic rings. The number of hydrogen-bond acceptors (Lipinski definition) is 5. The Hall–Kier alpha value is -1.86. The third-order valence-electron chi connectivity index (χ3n) is 2.70. The molecule has 0 aliphatic carbocycles. The summed E-state index contributed by atoms with van der Waals surface area (Å²) in [6.45, 7) is 0. The molecule has 20 heavy (non-hydrogen) atoms. The lowest BCUT2D eigenvalue weighted by atomic mass is 10.1. The highest BCUT2D eigenvalue weighted by molar-refractivity contribution is 8.06. The predicted octanol–water partition coefficient (Wildman–Crippen LogP) is 1.93. The first kappa shape index (κ1) is 14.5. The minimum atomic E-state index is -4.18. The first-order chi connectivity index (χ1) is 9.25. The largest absolute Gasteiger partial charge is 0.399 e. The molecule has 1 amide bonds. The number of carbonyl (C=O) groups is 1. The summed E-state index contributed by atoms with van der Waals surface area (Å²) in [5, 5.41) is -0.186. The minimum absolute atomic E-state index is 0.128. The molecular formula is C12H12ClN3O3S. The van der Waals surface area contributed by atoms with Gasteiger partial charge >= 0.3 is 5.24 Å². The van der Waals surface area contributed by atoms with Crippen LogP contribution in [-0.2, 0) is 9.84 Å². The second kappa shape index (κ2) is 4.92. The van der Waals surface area contributed by atoms with Crippen molar-refractivity contribution in [2.45, 2.75) is 4.90 Å². The van der Waals surface area contributed by atoms with Crippen LogP contribution in [0.3, 0.4) is 0 Å². The Bertz CT molecular complexity index is 803. The Morgan fingerprint density at radius 1 is 1.30 bits per heavy atom. The van der Waals surface area contributed by atoms with Crippen LogP contribution in [0.1, 0.15) is 0 Å². The normalized spacial score (nSPS) is 11.6. The van der Waals surface area contributed by atoms with Gasteiger partial charge in [-0.15, -0.1) is 0 Å². The van der Waals surface area contributed by atoms with E-state index >= 15 is 0 Å². The molecule has 2 aromatic rings. The summed E-state index contributed by atoms with van der Waals surface area (Å²) in [4.78, 5) is 16.5. The number of anilines is 1. The Morgan fingerprint density at radius 3 is 2.55 bits per heavy atom. The molecule has 0 spiro atoms. The quantitative estimate of drug-likeness (QED) is 0.641. The molecule has 106 valence electrons. The maximum atomic E-state index is 12.3. The highest BCUT2D eigenvalue weighted by Crippen LogP contribution is 2.31. The number of benzene rings is 1. The summed E-state index contributed by atoms with van der Waals surface area (Å²) in [6.07, 6.45) is 1.38. The number of sulfone groups is 1. The monoisotopic (exact) mass is 313 g/mol. The molecule has 8 heteroatoms. The SMILES string of the molecule is CN(C)C(=O)S(=O)(=O)c1cc(N)cc2c(Cl)nccc12. The molecular weight excluding hydrogens is 302 g/mol. The average Bonchev–Trinajstić information content (AvgIpc) is 2.38. The number of nitrogens with two attached hydrogens (primary N) is 1. The summed E-state index contributed by atoms with van der Waals surface area (Å²) in [5.41, 5.74) is 5.88. The van der Waals surface area contributed by atoms with E-state index in [1.54, 1.807) is 0 Å². The van der Waals surface area contributed by atoms with E-state index in [-0.39, 0.29) is 15.7 Å². The lowest BCUT2D eigenvalue weighted by molar-refractivity contribution is 0.238. The zero-order valence-corrected chi connectivity index (χ0v) is 12.4. The molecule has 2 rings (SSSR count). The highest BCUT2D eigenvalue weighted by Gasteiger charge is 2.29. The van der Waals surface area contributed by atoms with Crippen molar-refractivity contribution in [1.29, 1.82) is 0 Å². The topological polar surface area (TPSA) is 93.4 Å². The number of aromatic nitrogens is 1. The molecule has 1 heterocycles. The van der Waals surface area contributed by atoms with Crippen LogP contribution in [0.4, 0.5) is 10.5 Å². The molecule has 1 aromatic carbocycles. The van der Waals surface area contributed by atoms with E-state index in [0.29, 0.717) is 10.8 Å². The van der Waals surface area contributed by atoms with Crippen LogP contribution in [0, 0.1) is 0 Å². The van der Waals surface area contributed by atoms with Gasteiger partial charge in [0.25, 0.3) is 9.84 Å². The number of amides is 1. The second-order valence-electron chi connectivity index (χ2n) is 4.38. The van der Waals surface area contributed by atoms with Gasteiger partial charge in [0.2, 0.25) is 0 Å². The number of rotatable bonds is 1. The summed E-state index contributed by atoms with van der Waals surface area (Å²) >= 11 is 5.94. The molecule has 2 N–H and O–H groups in total. The Balaban J connectivity index is 2.85. The van der Waals surface area contributed by atoms with Crippen molar-refractivity contribution in [3.8, 4) is 0 Å². The fraction of sp³-hybridized carbons (Fsp3) is 0.167. The molecule has 1 aromatic heterocycles. The van der Waals surface area contributed by atoms with Crippen LogP contribution in [-0.4, -0.2) is 37.6 Å². The van der Waals surface area contributed by atoms with E-state index in [9.17, 15) is 13.2 Å². The molecule has 0 saturated heterocycles. The fourth-order valence-corrected chi connectivity index (χ4v) is 3.43. The summed E-state index contributed by atoms with van der Waals surface area (Å²) in [7, 11) is -1.46. The lowest BCUT2D eigenvalue weighted by Gasteiger charge is -2.13. The van der Waals surface area contributed by atoms with Crippen LogP contribution in [0.25, 0.3) is 10.8 Å². The lowest BCUT2D eigenvalue weighted by Crippen LogP contribution is -2.28. The van der Waals surface area contributed by atoms with Gasteiger partial charge in [0, 0.05) is 36.8 Å². The van der Waals surface area contributed by atoms with E-state index in [1.165, 1.54) is 38.5 Å². The standard InChI is InChI=1S/C12H12ClN3O3S/c1-16(2)12(17)20(18,19)10-6-7(14)5-9-8(10)3-4-15-11(9)13/h3-6H,14H2,1-2H3. The van der Waals surface area contributed by atoms with Crippen LogP contribution in [0.5, 0.6) is 0 Å². The van der Waals surface area contributed by atoms with E-state index in [4.69, 9.17) is 17.3 Å². The summed E-state index contributed by atoms with van der Waals surface area (Å²) in [6, 6.07) is 4.25. The molecule has 0 aliphatic heterocycles.